The molecule has 1 aromatic rings. The van der Waals surface area contributed by atoms with Crippen molar-refractivity contribution >= 4 is 5.97 Å². The first-order valence-electron chi connectivity index (χ1n) is 10.1. The second-order valence-corrected chi connectivity index (χ2v) is 7.26. The highest BCUT2D eigenvalue weighted by atomic mass is 19.1. The molecule has 0 atom stereocenters. The fraction of sp³-hybridized carbons (Fsp3) is 0.696. The van der Waals surface area contributed by atoms with Gasteiger partial charge in [-0.25, -0.2) is 9.18 Å². The molecule has 6 heteroatoms. The van der Waals surface area contributed by atoms with E-state index in [2.05, 4.69) is 4.74 Å². The van der Waals surface area contributed by atoms with Crippen LogP contribution in [0, 0.1) is 5.82 Å². The largest absolute Gasteiger partial charge is 0.488 e. The van der Waals surface area contributed by atoms with Crippen molar-refractivity contribution in [3.63, 3.8) is 0 Å². The molecule has 172 valence electrons. The molecule has 29 heavy (non-hydrogen) atoms. The minimum atomic E-state index is -0.598. The maximum atomic E-state index is 13.6. The summed E-state index contributed by atoms with van der Waals surface area (Å²) in [6.07, 6.45) is 0. The highest BCUT2D eigenvalue weighted by molar-refractivity contribution is 5.89. The van der Waals surface area contributed by atoms with E-state index < -0.39 is 11.8 Å². The van der Waals surface area contributed by atoms with Gasteiger partial charge in [0.05, 0.1) is 30.5 Å². The van der Waals surface area contributed by atoms with Gasteiger partial charge in [0.2, 0.25) is 0 Å². The monoisotopic (exact) mass is 418 g/mol. The number of ether oxygens (including phenoxy) is 4. The summed E-state index contributed by atoms with van der Waals surface area (Å²) in [5.41, 5.74) is -0.0605. The van der Waals surface area contributed by atoms with Crippen LogP contribution in [-0.4, -0.2) is 44.6 Å². The van der Waals surface area contributed by atoms with Gasteiger partial charge < -0.3 is 18.9 Å². The van der Waals surface area contributed by atoms with Crippen LogP contribution in [0.3, 0.4) is 0 Å². The second-order valence-electron chi connectivity index (χ2n) is 7.26. The molecule has 0 aliphatic rings. The third-order valence-corrected chi connectivity index (χ3v) is 2.84. The highest BCUT2D eigenvalue weighted by Gasteiger charge is 2.12. The first kappa shape index (κ1) is 32.0. The Kier molecular flexibility index (Phi) is 19.0. The quantitative estimate of drug-likeness (QED) is 0.415. The predicted octanol–water partition coefficient (Wildman–Crippen LogP) is 6.29. The van der Waals surface area contributed by atoms with Gasteiger partial charge >= 0.3 is 5.97 Å². The van der Waals surface area contributed by atoms with Crippen LogP contribution < -0.4 is 4.74 Å². The maximum absolute atomic E-state index is 13.6. The Morgan fingerprint density at radius 2 is 1.38 bits per heavy atom. The zero-order valence-corrected chi connectivity index (χ0v) is 20.6. The molecule has 0 amide bonds. The molecule has 5 nitrogen and oxygen atoms in total. The van der Waals surface area contributed by atoms with Gasteiger partial charge in [0.1, 0.15) is 6.61 Å². The molecular weight excluding hydrogens is 375 g/mol. The number of hydrogen-bond acceptors (Lipinski definition) is 5. The van der Waals surface area contributed by atoms with Crippen molar-refractivity contribution in [1.82, 2.24) is 0 Å². The smallest absolute Gasteiger partial charge is 0.337 e. The Bertz CT molecular complexity index is 531. The van der Waals surface area contributed by atoms with Crippen molar-refractivity contribution in [3.05, 3.63) is 29.6 Å². The first-order chi connectivity index (χ1) is 13.4. The van der Waals surface area contributed by atoms with Crippen LogP contribution in [0.5, 0.6) is 5.75 Å². The number of hydrogen-bond donors (Lipinski definition) is 0. The predicted molar refractivity (Wildman–Crippen MR) is 118 cm³/mol. The van der Waals surface area contributed by atoms with Gasteiger partial charge in [0, 0.05) is 7.11 Å². The van der Waals surface area contributed by atoms with E-state index in [0.717, 1.165) is 6.07 Å². The van der Waals surface area contributed by atoms with Crippen molar-refractivity contribution in [2.75, 3.05) is 27.4 Å². The van der Waals surface area contributed by atoms with Crippen molar-refractivity contribution in [3.8, 4) is 5.75 Å². The van der Waals surface area contributed by atoms with Crippen LogP contribution in [0.2, 0.25) is 0 Å². The van der Waals surface area contributed by atoms with Crippen molar-refractivity contribution < 1.29 is 28.1 Å². The fourth-order valence-electron chi connectivity index (χ4n) is 1.36. The molecule has 0 bridgehead atoms. The Morgan fingerprint density at radius 3 is 1.72 bits per heavy atom. The molecule has 0 heterocycles. The minimum Gasteiger partial charge on any atom is -0.488 e. The second kappa shape index (κ2) is 17.2. The first-order valence-corrected chi connectivity index (χ1v) is 10.1. The van der Waals surface area contributed by atoms with Gasteiger partial charge in [-0.15, -0.1) is 0 Å². The third kappa shape index (κ3) is 19.4. The van der Waals surface area contributed by atoms with E-state index in [1.807, 2.05) is 69.2 Å². The molecule has 0 spiro atoms. The highest BCUT2D eigenvalue weighted by Crippen LogP contribution is 2.19. The van der Waals surface area contributed by atoms with E-state index in [0.29, 0.717) is 6.61 Å². The summed E-state index contributed by atoms with van der Waals surface area (Å²) in [4.78, 5) is 11.2. The Morgan fingerprint density at radius 1 is 0.897 bits per heavy atom. The van der Waals surface area contributed by atoms with Crippen LogP contribution >= 0.6 is 0 Å². The van der Waals surface area contributed by atoms with E-state index in [1.165, 1.54) is 19.2 Å². The Hall–Kier alpha value is -1.66. The van der Waals surface area contributed by atoms with E-state index in [4.69, 9.17) is 14.2 Å². The fourth-order valence-corrected chi connectivity index (χ4v) is 1.36. The summed E-state index contributed by atoms with van der Waals surface area (Å²) >= 11 is 0. The van der Waals surface area contributed by atoms with Crippen LogP contribution in [0.1, 0.15) is 79.6 Å². The SMILES string of the molecule is CC.CC.COC(=O)c1ccc(OCCOC(C)(C)C)c(F)c1.COC(C)(C)C. The van der Waals surface area contributed by atoms with Gasteiger partial charge in [-0.05, 0) is 59.7 Å². The van der Waals surface area contributed by atoms with Crippen LogP contribution in [0.25, 0.3) is 0 Å². The third-order valence-electron chi connectivity index (χ3n) is 2.84. The summed E-state index contributed by atoms with van der Waals surface area (Å²) in [7, 11) is 2.95. The molecule has 0 fully saturated rings. The molecule has 0 unspecified atom stereocenters. The summed E-state index contributed by atoms with van der Waals surface area (Å²) in [6.45, 7) is 20.5. The lowest BCUT2D eigenvalue weighted by molar-refractivity contribution is -0.0166. The Balaban J connectivity index is -0.000000570. The number of carbonyl (C=O) groups is 1. The minimum absolute atomic E-state index is 0.0417. The molecule has 1 rings (SSSR count). The lowest BCUT2D eigenvalue weighted by Crippen LogP contribution is -2.22. The number of carbonyl (C=O) groups excluding carboxylic acids is 1. The Labute approximate surface area is 177 Å². The number of rotatable bonds is 5. The standard InChI is InChI=1S/C14H19FO4.C5H12O.2C2H6/c1-14(2,3)19-8-7-18-12-6-5-10(9-11(12)15)13(16)17-4;1-5(2,3)6-4;2*1-2/h5-6,9H,7-8H2,1-4H3;1-4H3;2*1-2H3. The summed E-state index contributed by atoms with van der Waals surface area (Å²) in [5, 5.41) is 0. The van der Waals surface area contributed by atoms with Crippen molar-refractivity contribution in [2.45, 2.75) is 80.4 Å². The van der Waals surface area contributed by atoms with Crippen LogP contribution in [0.4, 0.5) is 4.39 Å². The molecule has 0 aromatic heterocycles. The van der Waals surface area contributed by atoms with Gasteiger partial charge in [0.15, 0.2) is 11.6 Å². The average Bonchev–Trinajstić information content (AvgIpc) is 2.68. The lowest BCUT2D eigenvalue weighted by atomic mass is 10.2. The summed E-state index contributed by atoms with van der Waals surface area (Å²) in [6, 6.07) is 3.94. The zero-order valence-electron chi connectivity index (χ0n) is 20.6. The van der Waals surface area contributed by atoms with Gasteiger partial charge in [-0.3, -0.25) is 0 Å². The molecule has 0 aliphatic carbocycles. The zero-order chi connectivity index (χ0) is 23.7. The maximum Gasteiger partial charge on any atom is 0.337 e. The van der Waals surface area contributed by atoms with E-state index in [-0.39, 0.29) is 29.1 Å². The molecule has 1 aromatic carbocycles. The molecule has 0 saturated carbocycles. The molecule has 0 saturated heterocycles. The number of esters is 1. The van der Waals surface area contributed by atoms with E-state index in [9.17, 15) is 9.18 Å². The topological polar surface area (TPSA) is 54.0 Å². The van der Waals surface area contributed by atoms with Gasteiger partial charge in [0.25, 0.3) is 0 Å². The van der Waals surface area contributed by atoms with E-state index in [1.54, 1.807) is 7.11 Å². The van der Waals surface area contributed by atoms with Crippen molar-refractivity contribution in [2.24, 2.45) is 0 Å². The summed E-state index contributed by atoms with van der Waals surface area (Å²) < 4.78 is 33.8. The lowest BCUT2D eigenvalue weighted by Gasteiger charge is -2.19. The van der Waals surface area contributed by atoms with Gasteiger partial charge in [-0.2, -0.15) is 0 Å². The normalized spacial score (nSPS) is 10.2. The number of benzene rings is 1. The van der Waals surface area contributed by atoms with Crippen molar-refractivity contribution in [1.29, 1.82) is 0 Å². The molecule has 0 radical (unpaired) electrons. The van der Waals surface area contributed by atoms with Crippen LogP contribution in [-0.2, 0) is 14.2 Å². The van der Waals surface area contributed by atoms with Gasteiger partial charge in [-0.1, -0.05) is 27.7 Å². The summed E-state index contributed by atoms with van der Waals surface area (Å²) in [5.74, 6) is -1.09. The molecular formula is C23H43FO5. The average molecular weight is 419 g/mol. The van der Waals surface area contributed by atoms with Crippen LogP contribution in [0.15, 0.2) is 18.2 Å². The number of halogens is 1. The number of methoxy groups -OCH3 is 2. The molecule has 0 aliphatic heterocycles. The molecule has 0 N–H and O–H groups in total. The van der Waals surface area contributed by atoms with E-state index >= 15 is 0 Å².